The number of aromatic nitrogens is 3. The number of aliphatic imine (C=N–C) groups is 1. The van der Waals surface area contributed by atoms with Crippen LogP contribution in [0, 0.1) is 0 Å². The van der Waals surface area contributed by atoms with Crippen molar-refractivity contribution in [3.63, 3.8) is 0 Å². The van der Waals surface area contributed by atoms with Gasteiger partial charge in [-0.05, 0) is 37.3 Å². The number of benzene rings is 1. The van der Waals surface area contributed by atoms with Crippen molar-refractivity contribution < 1.29 is 0 Å². The summed E-state index contributed by atoms with van der Waals surface area (Å²) in [5.41, 5.74) is 2.86. The van der Waals surface area contributed by atoms with Gasteiger partial charge in [-0.25, -0.2) is 4.99 Å². The fraction of sp³-hybridized carbons (Fsp3) is 0.550. The Bertz CT molecular complexity index is 785. The molecule has 6 nitrogen and oxygen atoms in total. The Hall–Kier alpha value is -1.64. The summed E-state index contributed by atoms with van der Waals surface area (Å²) in [6.07, 6.45) is 5.82. The zero-order chi connectivity index (χ0) is 17.8. The number of hydrogen-bond donors (Lipinski definition) is 1. The van der Waals surface area contributed by atoms with E-state index < -0.39 is 0 Å². The molecule has 0 bridgehead atoms. The van der Waals surface area contributed by atoms with Gasteiger partial charge in [0.05, 0.1) is 0 Å². The van der Waals surface area contributed by atoms with Gasteiger partial charge in [0.15, 0.2) is 11.8 Å². The standard InChI is InChI=1S/C20H28N6.HI/c1-2-21-20(25-13-11-16-8-5-6-9-17(16)15-25)22-14-19-24-23-18-10-4-3-7-12-26(18)19;/h5-6,8-9H,2-4,7,10-15H2,1H3,(H,21,22);1H. The third-order valence-electron chi connectivity index (χ3n) is 5.32. The number of aryl methyl sites for hydroxylation is 1. The SMILES string of the molecule is CCNC(=NCc1nnc2n1CCCCC2)N1CCc2ccccc2C1.I. The fourth-order valence-electron chi connectivity index (χ4n) is 3.91. The van der Waals surface area contributed by atoms with Gasteiger partial charge in [0.2, 0.25) is 0 Å². The average molecular weight is 480 g/mol. The first-order chi connectivity index (χ1) is 12.8. The molecule has 146 valence electrons. The minimum atomic E-state index is 0. The minimum Gasteiger partial charge on any atom is -0.356 e. The van der Waals surface area contributed by atoms with Crippen LogP contribution in [0.15, 0.2) is 29.3 Å². The molecule has 0 saturated carbocycles. The summed E-state index contributed by atoms with van der Waals surface area (Å²) in [6, 6.07) is 8.72. The van der Waals surface area contributed by atoms with Gasteiger partial charge < -0.3 is 14.8 Å². The summed E-state index contributed by atoms with van der Waals surface area (Å²) in [7, 11) is 0. The lowest BCUT2D eigenvalue weighted by molar-refractivity contribution is 0.378. The molecule has 0 radical (unpaired) electrons. The average Bonchev–Trinajstić information content (AvgIpc) is 2.91. The first kappa shape index (κ1) is 20.1. The van der Waals surface area contributed by atoms with Crippen LogP contribution >= 0.6 is 24.0 Å². The molecule has 0 fully saturated rings. The van der Waals surface area contributed by atoms with Crippen LogP contribution in [0.2, 0.25) is 0 Å². The molecule has 1 aromatic heterocycles. The van der Waals surface area contributed by atoms with Gasteiger partial charge in [-0.3, -0.25) is 0 Å². The minimum absolute atomic E-state index is 0. The summed E-state index contributed by atoms with van der Waals surface area (Å²) in [5, 5.41) is 12.3. The Morgan fingerprint density at radius 2 is 1.93 bits per heavy atom. The second-order valence-corrected chi connectivity index (χ2v) is 7.11. The Labute approximate surface area is 178 Å². The molecule has 2 aliphatic heterocycles. The van der Waals surface area contributed by atoms with E-state index in [1.54, 1.807) is 0 Å². The van der Waals surface area contributed by atoms with Crippen molar-refractivity contribution in [2.45, 2.75) is 58.7 Å². The molecule has 1 N–H and O–H groups in total. The van der Waals surface area contributed by atoms with E-state index in [4.69, 9.17) is 4.99 Å². The first-order valence-electron chi connectivity index (χ1n) is 9.86. The van der Waals surface area contributed by atoms with Crippen molar-refractivity contribution in [1.82, 2.24) is 25.0 Å². The van der Waals surface area contributed by atoms with Crippen LogP contribution in [0.25, 0.3) is 0 Å². The summed E-state index contributed by atoms with van der Waals surface area (Å²) < 4.78 is 2.28. The number of nitrogens with zero attached hydrogens (tertiary/aromatic N) is 5. The maximum absolute atomic E-state index is 4.90. The zero-order valence-corrected chi connectivity index (χ0v) is 18.4. The quantitative estimate of drug-likeness (QED) is 0.417. The predicted octanol–water partition coefficient (Wildman–Crippen LogP) is 3.15. The highest BCUT2D eigenvalue weighted by molar-refractivity contribution is 14.0. The third-order valence-corrected chi connectivity index (χ3v) is 5.32. The van der Waals surface area contributed by atoms with Gasteiger partial charge in [-0.1, -0.05) is 30.7 Å². The maximum atomic E-state index is 4.90. The molecular weight excluding hydrogens is 451 g/mol. The maximum Gasteiger partial charge on any atom is 0.194 e. The number of guanidine groups is 1. The highest BCUT2D eigenvalue weighted by Crippen LogP contribution is 2.19. The van der Waals surface area contributed by atoms with Crippen molar-refractivity contribution in [2.75, 3.05) is 13.1 Å². The second-order valence-electron chi connectivity index (χ2n) is 7.11. The van der Waals surface area contributed by atoms with Crippen molar-refractivity contribution in [3.8, 4) is 0 Å². The smallest absolute Gasteiger partial charge is 0.194 e. The van der Waals surface area contributed by atoms with Crippen molar-refractivity contribution in [1.29, 1.82) is 0 Å². The highest BCUT2D eigenvalue weighted by atomic mass is 127. The highest BCUT2D eigenvalue weighted by Gasteiger charge is 2.19. The van der Waals surface area contributed by atoms with Crippen LogP contribution in [-0.2, 0) is 32.5 Å². The van der Waals surface area contributed by atoms with E-state index in [-0.39, 0.29) is 24.0 Å². The van der Waals surface area contributed by atoms with Crippen molar-refractivity contribution >= 4 is 29.9 Å². The molecule has 27 heavy (non-hydrogen) atoms. The number of hydrogen-bond acceptors (Lipinski definition) is 3. The Morgan fingerprint density at radius 1 is 1.07 bits per heavy atom. The Kier molecular flexibility index (Phi) is 7.09. The van der Waals surface area contributed by atoms with Crippen molar-refractivity contribution in [3.05, 3.63) is 47.0 Å². The van der Waals surface area contributed by atoms with E-state index >= 15 is 0 Å². The van der Waals surface area contributed by atoms with E-state index in [1.807, 2.05) is 0 Å². The molecule has 3 heterocycles. The van der Waals surface area contributed by atoms with Crippen LogP contribution in [-0.4, -0.2) is 38.7 Å². The fourth-order valence-corrected chi connectivity index (χ4v) is 3.91. The first-order valence-corrected chi connectivity index (χ1v) is 9.86. The van der Waals surface area contributed by atoms with Gasteiger partial charge >= 0.3 is 0 Å². The number of fused-ring (bicyclic) bond motifs is 2. The van der Waals surface area contributed by atoms with Crippen LogP contribution < -0.4 is 5.32 Å². The lowest BCUT2D eigenvalue weighted by Crippen LogP contribution is -2.44. The number of halogens is 1. The molecule has 2 aliphatic rings. The summed E-state index contributed by atoms with van der Waals surface area (Å²) in [5.74, 6) is 3.10. The Morgan fingerprint density at radius 3 is 2.78 bits per heavy atom. The number of nitrogens with one attached hydrogen (secondary N) is 1. The molecule has 0 aliphatic carbocycles. The van der Waals surface area contributed by atoms with Gasteiger partial charge in [0, 0.05) is 32.6 Å². The van der Waals surface area contributed by atoms with Gasteiger partial charge in [-0.2, -0.15) is 0 Å². The van der Waals surface area contributed by atoms with E-state index in [1.165, 1.54) is 30.4 Å². The van der Waals surface area contributed by atoms with E-state index in [2.05, 4.69) is 56.2 Å². The molecule has 0 spiro atoms. The summed E-state index contributed by atoms with van der Waals surface area (Å²) >= 11 is 0. The molecular formula is C20H29IN6. The second kappa shape index (κ2) is 9.52. The molecule has 0 saturated heterocycles. The Balaban J connectivity index is 0.00000210. The zero-order valence-electron chi connectivity index (χ0n) is 16.0. The molecule has 7 heteroatoms. The molecule has 4 rings (SSSR count). The van der Waals surface area contributed by atoms with Gasteiger partial charge in [0.25, 0.3) is 0 Å². The van der Waals surface area contributed by atoms with Gasteiger partial charge in [-0.15, -0.1) is 34.2 Å². The van der Waals surface area contributed by atoms with Crippen LogP contribution in [0.4, 0.5) is 0 Å². The molecule has 2 aromatic rings. The number of rotatable bonds is 3. The summed E-state index contributed by atoms with van der Waals surface area (Å²) in [6.45, 7) is 6.53. The van der Waals surface area contributed by atoms with Crippen LogP contribution in [0.5, 0.6) is 0 Å². The normalized spacial score (nSPS) is 16.8. The van der Waals surface area contributed by atoms with Crippen LogP contribution in [0.1, 0.15) is 49.0 Å². The van der Waals surface area contributed by atoms with Crippen molar-refractivity contribution in [2.24, 2.45) is 4.99 Å². The predicted molar refractivity (Wildman–Crippen MR) is 118 cm³/mol. The topological polar surface area (TPSA) is 58.3 Å². The van der Waals surface area contributed by atoms with E-state index in [0.717, 1.165) is 56.6 Å². The lowest BCUT2D eigenvalue weighted by atomic mass is 10.0. The summed E-state index contributed by atoms with van der Waals surface area (Å²) in [4.78, 5) is 7.25. The monoisotopic (exact) mass is 480 g/mol. The molecule has 1 aromatic carbocycles. The lowest BCUT2D eigenvalue weighted by Gasteiger charge is -2.31. The largest absolute Gasteiger partial charge is 0.356 e. The molecule has 0 atom stereocenters. The molecule has 0 unspecified atom stereocenters. The van der Waals surface area contributed by atoms with E-state index in [9.17, 15) is 0 Å². The van der Waals surface area contributed by atoms with E-state index in [0.29, 0.717) is 6.54 Å². The van der Waals surface area contributed by atoms with Crippen LogP contribution in [0.3, 0.4) is 0 Å². The molecule has 0 amide bonds. The van der Waals surface area contributed by atoms with Gasteiger partial charge in [0.1, 0.15) is 12.4 Å². The third kappa shape index (κ3) is 4.62.